The fraction of sp³-hybridized carbons (Fsp3) is 0. The van der Waals surface area contributed by atoms with Crippen LogP contribution in [0.5, 0.6) is 11.5 Å². The van der Waals surface area contributed by atoms with Crippen LogP contribution in [0.4, 0.5) is 22.7 Å². The second-order valence-corrected chi connectivity index (χ2v) is 6.22. The zero-order chi connectivity index (χ0) is 21.9. The van der Waals surface area contributed by atoms with Gasteiger partial charge in [-0.25, -0.2) is 4.57 Å². The van der Waals surface area contributed by atoms with Crippen molar-refractivity contribution >= 4 is 30.6 Å². The summed E-state index contributed by atoms with van der Waals surface area (Å²) in [6.07, 6.45) is 0. The molecule has 0 radical (unpaired) electrons. The minimum Gasteiger partial charge on any atom is -0.736 e. The van der Waals surface area contributed by atoms with Crippen molar-refractivity contribution in [3.05, 3.63) is 76.9 Å². The second-order valence-electron chi connectivity index (χ2n) is 4.96. The number of rotatable bonds is 8. The summed E-state index contributed by atoms with van der Waals surface area (Å²) in [5.74, 6) is -1.91. The molecule has 17 heteroatoms. The third-order valence-electron chi connectivity index (χ3n) is 3.12. The Morgan fingerprint density at radius 2 is 1.00 bits per heavy atom. The van der Waals surface area contributed by atoms with Crippen LogP contribution in [-0.4, -0.2) is 19.7 Å². The first kappa shape index (κ1) is 21.1. The highest BCUT2D eigenvalue weighted by Crippen LogP contribution is 2.47. The van der Waals surface area contributed by atoms with Crippen molar-refractivity contribution in [1.82, 2.24) is 0 Å². The number of hydrogen-bond donors (Lipinski definition) is 0. The van der Waals surface area contributed by atoms with Crippen LogP contribution in [0, 0.1) is 40.5 Å². The lowest BCUT2D eigenvalue weighted by Crippen LogP contribution is -2.14. The molecule has 0 fully saturated rings. The van der Waals surface area contributed by atoms with Crippen molar-refractivity contribution in [2.75, 3.05) is 0 Å². The number of nitro groups is 4. The summed E-state index contributed by atoms with van der Waals surface area (Å²) in [4.78, 5) is 51.1. The lowest BCUT2D eigenvalue weighted by atomic mass is 10.2. The van der Waals surface area contributed by atoms with Crippen molar-refractivity contribution in [2.24, 2.45) is 0 Å². The molecule has 29 heavy (non-hydrogen) atoms. The van der Waals surface area contributed by atoms with E-state index in [1.54, 1.807) is 0 Å². The molecule has 0 unspecified atom stereocenters. The van der Waals surface area contributed by atoms with Gasteiger partial charge in [-0.2, -0.15) is 0 Å². The van der Waals surface area contributed by atoms with Crippen LogP contribution in [0.3, 0.4) is 0 Å². The van der Waals surface area contributed by atoms with Crippen LogP contribution in [-0.2, 0) is 4.57 Å². The van der Waals surface area contributed by atoms with E-state index in [2.05, 4.69) is 9.05 Å². The van der Waals surface area contributed by atoms with E-state index in [0.717, 1.165) is 12.1 Å². The Morgan fingerprint density at radius 3 is 1.28 bits per heavy atom. The van der Waals surface area contributed by atoms with Crippen LogP contribution in [0.25, 0.3) is 0 Å². The molecular weight excluding hydrogens is 423 g/mol. The number of nitrogens with zero attached hydrogens (tertiary/aromatic N) is 4. The molecule has 2 aromatic carbocycles. The summed E-state index contributed by atoms with van der Waals surface area (Å²) in [7, 11) is -5.55. The Bertz CT molecular complexity index is 1010. The highest BCUT2D eigenvalue weighted by atomic mass is 31.2. The molecule has 0 saturated heterocycles. The molecule has 152 valence electrons. The van der Waals surface area contributed by atoms with Gasteiger partial charge in [-0.15, -0.1) is 0 Å². The summed E-state index contributed by atoms with van der Waals surface area (Å²) in [5, 5.41) is 43.4. The molecule has 0 saturated carbocycles. The predicted molar refractivity (Wildman–Crippen MR) is 88.4 cm³/mol. The van der Waals surface area contributed by atoms with Gasteiger partial charge < -0.3 is 13.9 Å². The van der Waals surface area contributed by atoms with Gasteiger partial charge in [0, 0.05) is 12.1 Å². The van der Waals surface area contributed by atoms with Gasteiger partial charge in [0.05, 0.1) is 31.8 Å². The van der Waals surface area contributed by atoms with Crippen LogP contribution in [0.2, 0.25) is 0 Å². The maximum Gasteiger partial charge on any atom is 0.373 e. The van der Waals surface area contributed by atoms with Crippen LogP contribution < -0.4 is 13.9 Å². The summed E-state index contributed by atoms with van der Waals surface area (Å²) in [6.45, 7) is 0. The molecule has 2 aromatic rings. The van der Waals surface area contributed by atoms with E-state index in [9.17, 15) is 49.9 Å². The lowest BCUT2D eigenvalue weighted by Gasteiger charge is -2.23. The molecule has 0 N–H and O–H groups in total. The normalized spacial score (nSPS) is 10.8. The van der Waals surface area contributed by atoms with Gasteiger partial charge in [0.25, 0.3) is 11.4 Å². The summed E-state index contributed by atoms with van der Waals surface area (Å²) in [6, 6.07) is 3.55. The smallest absolute Gasteiger partial charge is 0.373 e. The van der Waals surface area contributed by atoms with E-state index in [0.29, 0.717) is 24.3 Å². The first-order valence-corrected chi connectivity index (χ1v) is 8.43. The fourth-order valence-corrected chi connectivity index (χ4v) is 2.77. The van der Waals surface area contributed by atoms with E-state index in [4.69, 9.17) is 0 Å². The van der Waals surface area contributed by atoms with Gasteiger partial charge in [0.1, 0.15) is 0 Å². The third-order valence-corrected chi connectivity index (χ3v) is 3.96. The monoisotopic (exact) mass is 429 g/mol. The number of nitro benzene ring substituents is 4. The van der Waals surface area contributed by atoms with E-state index in [-0.39, 0.29) is 0 Å². The standard InChI is InChI=1S/C12H7N4O12P/c17-13(18)7-1-3-11(9(5-7)15(21)22)27-29(25,26)28-12-4-2-8(14(19)20)6-10(12)16(23)24/h1-6H,(H,25,26)/p-1. The number of hydrogen-bond acceptors (Lipinski definition) is 12. The van der Waals surface area contributed by atoms with E-state index >= 15 is 0 Å². The topological polar surface area (TPSA) is 231 Å². The maximum atomic E-state index is 12.0. The SMILES string of the molecule is O=[N+]([O-])c1ccc(OP(=O)([O-])Oc2ccc([N+](=O)[O-])cc2[N+](=O)[O-])c([N+](=O)[O-])c1. The van der Waals surface area contributed by atoms with Crippen molar-refractivity contribution in [3.8, 4) is 11.5 Å². The van der Waals surface area contributed by atoms with Gasteiger partial charge in [-0.3, -0.25) is 40.5 Å². The van der Waals surface area contributed by atoms with Gasteiger partial charge in [0.2, 0.25) is 11.5 Å². The highest BCUT2D eigenvalue weighted by molar-refractivity contribution is 7.46. The molecule has 0 aliphatic carbocycles. The number of benzene rings is 2. The van der Waals surface area contributed by atoms with E-state index < -0.39 is 61.8 Å². The van der Waals surface area contributed by atoms with E-state index in [1.807, 2.05) is 0 Å². The molecule has 0 atom stereocenters. The molecule has 0 aromatic heterocycles. The summed E-state index contributed by atoms with van der Waals surface area (Å²) >= 11 is 0. The lowest BCUT2D eigenvalue weighted by molar-refractivity contribution is -0.394. The molecular formula is C12H6N4O12P-. The molecule has 2 rings (SSSR count). The van der Waals surface area contributed by atoms with Crippen LogP contribution in [0.1, 0.15) is 0 Å². The molecule has 0 aliphatic heterocycles. The quantitative estimate of drug-likeness (QED) is 0.334. The first-order valence-electron chi connectivity index (χ1n) is 6.97. The van der Waals surface area contributed by atoms with Gasteiger partial charge in [0.15, 0.2) is 0 Å². The fourth-order valence-electron chi connectivity index (χ4n) is 1.94. The summed E-state index contributed by atoms with van der Waals surface area (Å²) in [5.41, 5.74) is -3.62. The highest BCUT2D eigenvalue weighted by Gasteiger charge is 2.28. The van der Waals surface area contributed by atoms with Crippen LogP contribution in [0.15, 0.2) is 36.4 Å². The predicted octanol–water partition coefficient (Wildman–Crippen LogP) is 2.25. The number of phosphoric acid groups is 1. The van der Waals surface area contributed by atoms with Gasteiger partial charge >= 0.3 is 19.2 Å². The Hall–Kier alpha value is -4.17. The zero-order valence-electron chi connectivity index (χ0n) is 13.6. The average molecular weight is 429 g/mol. The Balaban J connectivity index is 2.40. The number of phosphoric ester groups is 1. The van der Waals surface area contributed by atoms with Crippen molar-refractivity contribution in [2.45, 2.75) is 0 Å². The van der Waals surface area contributed by atoms with Crippen molar-refractivity contribution in [1.29, 1.82) is 0 Å². The molecule has 0 spiro atoms. The maximum absolute atomic E-state index is 12.0. The molecule has 0 aliphatic rings. The Labute approximate surface area is 158 Å². The third kappa shape index (κ3) is 4.96. The number of non-ortho nitro benzene ring substituents is 2. The largest absolute Gasteiger partial charge is 0.736 e. The van der Waals surface area contributed by atoms with Gasteiger partial charge in [-0.1, -0.05) is 0 Å². The average Bonchev–Trinajstić information content (AvgIpc) is 2.60. The molecule has 0 amide bonds. The minimum absolute atomic E-state index is 0.434. The molecule has 0 heterocycles. The Kier molecular flexibility index (Phi) is 5.71. The van der Waals surface area contributed by atoms with E-state index in [1.165, 1.54) is 0 Å². The minimum atomic E-state index is -5.55. The van der Waals surface area contributed by atoms with Crippen LogP contribution >= 0.6 is 7.82 Å². The second kappa shape index (κ2) is 7.83. The zero-order valence-corrected chi connectivity index (χ0v) is 14.5. The molecule has 16 nitrogen and oxygen atoms in total. The first-order chi connectivity index (χ1) is 13.4. The van der Waals surface area contributed by atoms with Crippen molar-refractivity contribution < 1.29 is 38.2 Å². The van der Waals surface area contributed by atoms with Gasteiger partial charge in [-0.05, 0) is 12.1 Å². The Morgan fingerprint density at radius 1 is 0.655 bits per heavy atom. The van der Waals surface area contributed by atoms with Crippen molar-refractivity contribution in [3.63, 3.8) is 0 Å². The molecule has 0 bridgehead atoms. The summed E-state index contributed by atoms with van der Waals surface area (Å²) < 4.78 is 20.8.